The molecule has 0 aliphatic carbocycles. The third kappa shape index (κ3) is 48.6. The molecule has 3 N–H and O–H groups in total. The van der Waals surface area contributed by atoms with Gasteiger partial charge in [-0.25, -0.2) is 4.57 Å². The molecule has 43 valence electrons. The van der Waals surface area contributed by atoms with Crippen molar-refractivity contribution in [1.82, 2.24) is 0 Å². The van der Waals surface area contributed by atoms with Crippen molar-refractivity contribution in [3.8, 4) is 0 Å². The van der Waals surface area contributed by atoms with E-state index in [1.165, 1.54) is 0 Å². The van der Waals surface area contributed by atoms with Gasteiger partial charge in [0.15, 0.2) is 0 Å². The van der Waals surface area contributed by atoms with Gasteiger partial charge >= 0.3 is 59.2 Å². The molecule has 0 aliphatic rings. The van der Waals surface area contributed by atoms with Crippen molar-refractivity contribution >= 4 is 7.82 Å². The smallest absolute Gasteiger partial charge is 1.00 e. The minimum atomic E-state index is -4.64. The average Bonchev–Trinajstić information content (AvgIpc) is 0.722. The zero-order chi connectivity index (χ0) is 4.50. The van der Waals surface area contributed by atoms with Crippen molar-refractivity contribution in [2.45, 2.75) is 0 Å². The molecule has 0 spiro atoms. The Kier molecular flexibility index (Phi) is 16.9. The number of hydrogen-bond donors (Lipinski definition) is 3. The molecule has 0 bridgehead atoms. The molecular weight excluding hydrogens is 293 g/mol. The van der Waals surface area contributed by atoms with Gasteiger partial charge < -0.3 is 16.1 Å². The van der Waals surface area contributed by atoms with Gasteiger partial charge in [0.05, 0.1) is 0 Å². The summed E-state index contributed by atoms with van der Waals surface area (Å²) in [6, 6.07) is 0. The van der Waals surface area contributed by atoms with Crippen molar-refractivity contribution < 1.29 is 111 Å². The molecule has 0 atom stereocenters. The molecule has 0 amide bonds. The topological polar surface area (TPSA) is 77.8 Å². The monoisotopic (exact) mass is 297 g/mol. The summed E-state index contributed by atoms with van der Waals surface area (Å²) in [5, 5.41) is 0. The normalized spacial score (nSPS) is 8.43. The van der Waals surface area contributed by atoms with Crippen LogP contribution in [0.2, 0.25) is 0 Å². The van der Waals surface area contributed by atoms with Gasteiger partial charge in [-0.3, -0.25) is 0 Å². The van der Waals surface area contributed by atoms with E-state index in [4.69, 9.17) is 19.2 Å². The van der Waals surface area contributed by atoms with Crippen LogP contribution in [-0.2, 0) is 4.57 Å². The van der Waals surface area contributed by atoms with Crippen LogP contribution < -0.4 is 51.4 Å². The average molecular weight is 297 g/mol. The standard InChI is InChI=1S/K.H3O4P.Tb.H/c;1-5(2,3)4;;/h;(H3,1,2,3,4);;/q+1;;;-1. The summed E-state index contributed by atoms with van der Waals surface area (Å²) in [4.78, 5) is 21.6. The molecule has 0 aliphatic heterocycles. The molecule has 7 heteroatoms. The minimum Gasteiger partial charge on any atom is -1.00 e. The fourth-order valence-electron chi connectivity index (χ4n) is 0. The van der Waals surface area contributed by atoms with Crippen molar-refractivity contribution in [3.63, 3.8) is 0 Å². The van der Waals surface area contributed by atoms with Gasteiger partial charge in [0, 0.05) is 38.6 Å². The first-order valence-corrected chi connectivity index (χ1v) is 2.35. The zero-order valence-corrected chi connectivity index (χ0v) is 9.69. The maximum absolute atomic E-state index is 8.88. The second-order valence-corrected chi connectivity index (χ2v) is 1.54. The van der Waals surface area contributed by atoms with Crippen LogP contribution in [0.15, 0.2) is 0 Å². The van der Waals surface area contributed by atoms with Gasteiger partial charge in [-0.05, 0) is 0 Å². The fraction of sp³-hybridized carbons (Fsp3) is 0. The van der Waals surface area contributed by atoms with Gasteiger partial charge in [-0.15, -0.1) is 0 Å². The Morgan fingerprint density at radius 3 is 1.29 bits per heavy atom. The van der Waals surface area contributed by atoms with Gasteiger partial charge in [-0.2, -0.15) is 0 Å². The van der Waals surface area contributed by atoms with Gasteiger partial charge in [-0.1, -0.05) is 0 Å². The second kappa shape index (κ2) is 7.14. The van der Waals surface area contributed by atoms with Crippen molar-refractivity contribution in [2.24, 2.45) is 0 Å². The minimum absolute atomic E-state index is 0. The number of phosphoric acid groups is 1. The molecule has 0 aromatic carbocycles. The molecule has 4 nitrogen and oxygen atoms in total. The van der Waals surface area contributed by atoms with Crippen LogP contribution in [0.3, 0.4) is 0 Å². The van der Waals surface area contributed by atoms with Crippen molar-refractivity contribution in [3.05, 3.63) is 0 Å². The molecule has 0 saturated heterocycles. The summed E-state index contributed by atoms with van der Waals surface area (Å²) in [5.41, 5.74) is 0. The first-order valence-electron chi connectivity index (χ1n) is 0.783. The summed E-state index contributed by atoms with van der Waals surface area (Å²) in [6.07, 6.45) is 0. The van der Waals surface area contributed by atoms with E-state index in [-0.39, 0.29) is 91.4 Å². The SMILES string of the molecule is O=P(O)(O)O.[H-].[K+].[Tb]. The predicted molar refractivity (Wildman–Crippen MR) is 15.4 cm³/mol. The van der Waals surface area contributed by atoms with E-state index in [0.29, 0.717) is 0 Å². The van der Waals surface area contributed by atoms with Crippen molar-refractivity contribution in [2.75, 3.05) is 0 Å². The van der Waals surface area contributed by atoms with Crippen LogP contribution in [0.1, 0.15) is 1.43 Å². The Morgan fingerprint density at radius 1 is 1.29 bits per heavy atom. The Labute approximate surface area is 116 Å². The summed E-state index contributed by atoms with van der Waals surface area (Å²) >= 11 is 0. The summed E-state index contributed by atoms with van der Waals surface area (Å²) < 4.78 is 8.88. The van der Waals surface area contributed by atoms with E-state index in [9.17, 15) is 0 Å². The maximum Gasteiger partial charge on any atom is 1.00 e. The van der Waals surface area contributed by atoms with Crippen LogP contribution in [-0.4, -0.2) is 14.7 Å². The molecule has 1 radical (unpaired) electrons. The third-order valence-corrected chi connectivity index (χ3v) is 0. The van der Waals surface area contributed by atoms with Gasteiger partial charge in [0.25, 0.3) is 0 Å². The molecule has 7 heavy (non-hydrogen) atoms. The van der Waals surface area contributed by atoms with E-state index >= 15 is 0 Å². The van der Waals surface area contributed by atoms with Crippen LogP contribution >= 0.6 is 7.82 Å². The first-order chi connectivity index (χ1) is 2.00. The summed E-state index contributed by atoms with van der Waals surface area (Å²) in [6.45, 7) is 0. The molecule has 0 saturated carbocycles. The molecular formula is H4KO4PTb. The maximum atomic E-state index is 8.88. The molecule has 0 rings (SSSR count). The fourth-order valence-corrected chi connectivity index (χ4v) is 0. The van der Waals surface area contributed by atoms with E-state index in [0.717, 1.165) is 0 Å². The first kappa shape index (κ1) is 16.6. The molecule has 0 heterocycles. The largest absolute Gasteiger partial charge is 1.00 e. The summed E-state index contributed by atoms with van der Waals surface area (Å²) in [7, 11) is -4.64. The van der Waals surface area contributed by atoms with Crippen LogP contribution in [0.25, 0.3) is 0 Å². The van der Waals surface area contributed by atoms with Gasteiger partial charge in [0.2, 0.25) is 0 Å². The number of hydrogen-bond acceptors (Lipinski definition) is 1. The summed E-state index contributed by atoms with van der Waals surface area (Å²) in [5.74, 6) is 0. The molecule has 0 aromatic rings. The predicted octanol–water partition coefficient (Wildman–Crippen LogP) is -3.81. The Hall–Kier alpha value is 3.03. The Balaban J connectivity index is -0.0000000267. The van der Waals surface area contributed by atoms with E-state index in [2.05, 4.69) is 0 Å². The quantitative estimate of drug-likeness (QED) is 0.316. The zero-order valence-electron chi connectivity index (χ0n) is 4.53. The van der Waals surface area contributed by atoms with E-state index in [1.807, 2.05) is 0 Å². The number of rotatable bonds is 0. The second-order valence-electron chi connectivity index (χ2n) is 0.513. The van der Waals surface area contributed by atoms with Gasteiger partial charge in [0.1, 0.15) is 0 Å². The van der Waals surface area contributed by atoms with Crippen LogP contribution in [0.5, 0.6) is 0 Å². The molecule has 0 unspecified atom stereocenters. The van der Waals surface area contributed by atoms with Crippen LogP contribution in [0, 0.1) is 38.6 Å². The third-order valence-electron chi connectivity index (χ3n) is 0. The Morgan fingerprint density at radius 2 is 1.29 bits per heavy atom. The van der Waals surface area contributed by atoms with E-state index in [1.54, 1.807) is 0 Å². The Bertz CT molecular complexity index is 62.2. The van der Waals surface area contributed by atoms with Crippen LogP contribution in [0.4, 0.5) is 0 Å². The molecule has 0 fully saturated rings. The van der Waals surface area contributed by atoms with Crippen molar-refractivity contribution in [1.29, 1.82) is 0 Å². The molecule has 0 aromatic heterocycles. The van der Waals surface area contributed by atoms with E-state index < -0.39 is 7.82 Å².